The summed E-state index contributed by atoms with van der Waals surface area (Å²) in [6, 6.07) is 8.45. The van der Waals surface area contributed by atoms with Crippen LogP contribution in [0.4, 0.5) is 36.3 Å². The Morgan fingerprint density at radius 3 is 2.52 bits per heavy atom. The molecule has 1 atom stereocenters. The van der Waals surface area contributed by atoms with Crippen LogP contribution < -0.4 is 15.4 Å². The average molecular weight is 633 g/mol. The number of carbonyl (C=O) groups is 1. The number of aliphatic hydroxyl groups is 1. The number of anilines is 4. The Bertz CT molecular complexity index is 1590. The van der Waals surface area contributed by atoms with E-state index in [1.807, 2.05) is 13.0 Å². The number of halogens is 3. The zero-order valence-electron chi connectivity index (χ0n) is 24.5. The molecule has 0 bridgehead atoms. The number of amides is 1. The van der Waals surface area contributed by atoms with E-state index in [1.165, 1.54) is 12.0 Å². The molecular formula is C30H34F3N5O5P+. The van der Waals surface area contributed by atoms with Crippen LogP contribution in [0.15, 0.2) is 36.5 Å². The van der Waals surface area contributed by atoms with Crippen molar-refractivity contribution in [3.8, 4) is 5.75 Å². The summed E-state index contributed by atoms with van der Waals surface area (Å²) in [5.74, 6) is -0.492. The minimum atomic E-state index is -4.78. The smallest absolute Gasteiger partial charge is 0.495 e. The lowest BCUT2D eigenvalue weighted by Gasteiger charge is -2.34. The van der Waals surface area contributed by atoms with Crippen LogP contribution in [-0.4, -0.2) is 56.7 Å². The standard InChI is InChI=1S/C30H33F3N5O5P/c1-29(40)11-8-18(9-12-29)19-5-7-23(25-20(19)16-38(2)27(25)39)35-26-21(30(31,32)33)15-34-28(37-26)36-22-6-4-17(10-13-44(41)42)14-24(22)43-3/h4-7,14-15,18,40H,8-13,16H2,1-3H3,(H2-,34,35,36,37,39,41,42)/p+1. The van der Waals surface area contributed by atoms with Gasteiger partial charge in [-0.1, -0.05) is 12.1 Å². The molecule has 14 heteroatoms. The molecule has 234 valence electrons. The number of nitrogens with zero attached hydrogens (tertiary/aromatic N) is 3. The molecule has 1 aliphatic carbocycles. The number of benzene rings is 2. The summed E-state index contributed by atoms with van der Waals surface area (Å²) in [6.45, 7) is 2.15. The van der Waals surface area contributed by atoms with E-state index < -0.39 is 31.2 Å². The summed E-state index contributed by atoms with van der Waals surface area (Å²) in [4.78, 5) is 31.9. The third kappa shape index (κ3) is 6.80. The first-order valence-electron chi connectivity index (χ1n) is 14.2. The minimum absolute atomic E-state index is 0.0774. The van der Waals surface area contributed by atoms with E-state index in [4.69, 9.17) is 9.63 Å². The van der Waals surface area contributed by atoms with Crippen molar-refractivity contribution in [1.29, 1.82) is 0 Å². The van der Waals surface area contributed by atoms with E-state index in [1.54, 1.807) is 31.3 Å². The number of hydrogen-bond donors (Lipinski definition) is 4. The van der Waals surface area contributed by atoms with Gasteiger partial charge >= 0.3 is 14.2 Å². The van der Waals surface area contributed by atoms with Crippen molar-refractivity contribution in [3.63, 3.8) is 0 Å². The molecule has 0 saturated heterocycles. The third-order valence-electron chi connectivity index (χ3n) is 8.26. The summed E-state index contributed by atoms with van der Waals surface area (Å²) < 4.78 is 58.8. The SMILES string of the molecule is COc1cc(CC[P+](=O)O)ccc1Nc1ncc(C(F)(F)F)c(Nc2ccc(C3CCC(C)(O)CC3)c3c2C(=O)N(C)C3)n1. The van der Waals surface area contributed by atoms with Crippen LogP contribution in [0, 0.1) is 0 Å². The first kappa shape index (κ1) is 31.6. The molecule has 1 fully saturated rings. The Morgan fingerprint density at radius 2 is 1.86 bits per heavy atom. The second kappa shape index (κ2) is 12.3. The lowest BCUT2D eigenvalue weighted by molar-refractivity contribution is -0.137. The molecular weight excluding hydrogens is 598 g/mol. The van der Waals surface area contributed by atoms with Gasteiger partial charge < -0.3 is 25.4 Å². The van der Waals surface area contributed by atoms with E-state index in [0.717, 1.165) is 29.5 Å². The molecule has 1 aromatic heterocycles. The van der Waals surface area contributed by atoms with Crippen LogP contribution in [0.25, 0.3) is 0 Å². The molecule has 0 spiro atoms. The highest BCUT2D eigenvalue weighted by molar-refractivity contribution is 7.37. The molecule has 44 heavy (non-hydrogen) atoms. The van der Waals surface area contributed by atoms with Gasteiger partial charge in [-0.3, -0.25) is 4.79 Å². The molecule has 1 aliphatic heterocycles. The van der Waals surface area contributed by atoms with Gasteiger partial charge in [0.1, 0.15) is 17.1 Å². The van der Waals surface area contributed by atoms with Crippen LogP contribution in [0.2, 0.25) is 0 Å². The highest BCUT2D eigenvalue weighted by Gasteiger charge is 2.38. The first-order chi connectivity index (χ1) is 20.8. The zero-order chi connectivity index (χ0) is 31.8. The molecule has 1 amide bonds. The maximum atomic E-state index is 14.1. The number of ether oxygens (including phenoxy) is 1. The molecule has 1 unspecified atom stereocenters. The molecule has 2 heterocycles. The quantitative estimate of drug-likeness (QED) is 0.202. The van der Waals surface area contributed by atoms with Gasteiger partial charge in [0.05, 0.1) is 29.6 Å². The van der Waals surface area contributed by atoms with Crippen molar-refractivity contribution >= 4 is 37.1 Å². The number of aryl methyl sites for hydroxylation is 1. The number of alkyl halides is 3. The fourth-order valence-electron chi connectivity index (χ4n) is 5.83. The van der Waals surface area contributed by atoms with Crippen molar-refractivity contribution in [2.75, 3.05) is 31.0 Å². The monoisotopic (exact) mass is 632 g/mol. The van der Waals surface area contributed by atoms with Gasteiger partial charge in [0, 0.05) is 26.2 Å². The Labute approximate surface area is 253 Å². The number of rotatable bonds is 9. The van der Waals surface area contributed by atoms with E-state index >= 15 is 0 Å². The summed E-state index contributed by atoms with van der Waals surface area (Å²) in [6.07, 6.45) is -0.952. The van der Waals surface area contributed by atoms with Crippen LogP contribution in [-0.2, 0) is 23.7 Å². The third-order valence-corrected chi connectivity index (χ3v) is 8.87. The van der Waals surface area contributed by atoms with Crippen molar-refractivity contribution in [1.82, 2.24) is 14.9 Å². The fraction of sp³-hybridized carbons (Fsp3) is 0.433. The van der Waals surface area contributed by atoms with E-state index in [9.17, 15) is 27.6 Å². The Balaban J connectivity index is 1.48. The topological polar surface area (TPSA) is 137 Å². The maximum absolute atomic E-state index is 14.1. The summed E-state index contributed by atoms with van der Waals surface area (Å²) in [5, 5.41) is 16.1. The molecule has 4 N–H and O–H groups in total. The Morgan fingerprint density at radius 1 is 1.16 bits per heavy atom. The predicted molar refractivity (Wildman–Crippen MR) is 159 cm³/mol. The van der Waals surface area contributed by atoms with Gasteiger partial charge in [-0.05, 0) is 78.0 Å². The van der Waals surface area contributed by atoms with Gasteiger partial charge in [0.2, 0.25) is 5.95 Å². The molecule has 1 saturated carbocycles. The highest BCUT2D eigenvalue weighted by Crippen LogP contribution is 2.44. The second-order valence-corrected chi connectivity index (χ2v) is 12.7. The Hall–Kier alpha value is -3.80. The number of fused-ring (bicyclic) bond motifs is 1. The largest absolute Gasteiger partial charge is 0.505 e. The van der Waals surface area contributed by atoms with Crippen LogP contribution in [0.1, 0.15) is 71.1 Å². The van der Waals surface area contributed by atoms with Gasteiger partial charge in [-0.25, -0.2) is 4.98 Å². The normalized spacial score (nSPS) is 20.4. The second-order valence-electron chi connectivity index (χ2n) is 11.6. The fourth-order valence-corrected chi connectivity index (χ4v) is 6.28. The summed E-state index contributed by atoms with van der Waals surface area (Å²) in [5.41, 5.74) is 1.55. The number of carbonyl (C=O) groups excluding carboxylic acids is 1. The van der Waals surface area contributed by atoms with Crippen LogP contribution in [0.3, 0.4) is 0 Å². The number of nitrogens with one attached hydrogen (secondary N) is 2. The molecule has 2 aromatic carbocycles. The number of hydrogen-bond acceptors (Lipinski definition) is 8. The zero-order valence-corrected chi connectivity index (χ0v) is 25.4. The molecule has 5 rings (SSSR count). The summed E-state index contributed by atoms with van der Waals surface area (Å²) in [7, 11) is 0.775. The van der Waals surface area contributed by atoms with Gasteiger partial charge in [0.15, 0.2) is 6.16 Å². The average Bonchev–Trinajstić information content (AvgIpc) is 3.26. The maximum Gasteiger partial charge on any atom is 0.505 e. The minimum Gasteiger partial charge on any atom is -0.495 e. The summed E-state index contributed by atoms with van der Waals surface area (Å²) >= 11 is 0. The van der Waals surface area contributed by atoms with Crippen LogP contribution >= 0.6 is 8.03 Å². The molecule has 3 aromatic rings. The van der Waals surface area contributed by atoms with Crippen LogP contribution in [0.5, 0.6) is 5.75 Å². The number of aromatic nitrogens is 2. The molecule has 2 aliphatic rings. The Kier molecular flexibility index (Phi) is 8.84. The van der Waals surface area contributed by atoms with Crippen molar-refractivity contribution in [2.24, 2.45) is 0 Å². The van der Waals surface area contributed by atoms with E-state index in [0.29, 0.717) is 49.0 Å². The van der Waals surface area contributed by atoms with Crippen molar-refractivity contribution in [2.45, 2.75) is 63.3 Å². The van der Waals surface area contributed by atoms with Gasteiger partial charge in [-0.15, -0.1) is 0 Å². The first-order valence-corrected chi connectivity index (χ1v) is 15.6. The van der Waals surface area contributed by atoms with Crippen molar-refractivity contribution in [3.05, 3.63) is 64.3 Å². The number of methoxy groups -OCH3 is 1. The lowest BCUT2D eigenvalue weighted by atomic mass is 9.75. The highest BCUT2D eigenvalue weighted by atomic mass is 31.1. The van der Waals surface area contributed by atoms with E-state index in [2.05, 4.69) is 20.6 Å². The predicted octanol–water partition coefficient (Wildman–Crippen LogP) is 6.26. The molecule has 10 nitrogen and oxygen atoms in total. The lowest BCUT2D eigenvalue weighted by Crippen LogP contribution is -2.29. The van der Waals surface area contributed by atoms with Gasteiger partial charge in [0.25, 0.3) is 5.91 Å². The van der Waals surface area contributed by atoms with Gasteiger partial charge in [-0.2, -0.15) is 23.0 Å². The van der Waals surface area contributed by atoms with Crippen molar-refractivity contribution < 1.29 is 37.3 Å². The molecule has 0 radical (unpaired) electrons. The van der Waals surface area contributed by atoms with E-state index in [-0.39, 0.29) is 29.6 Å².